The molecule has 0 atom stereocenters. The number of aryl methyl sites for hydroxylation is 2. The van der Waals surface area contributed by atoms with E-state index in [1.54, 1.807) is 9.80 Å². The van der Waals surface area contributed by atoms with E-state index >= 15 is 0 Å². The lowest BCUT2D eigenvalue weighted by molar-refractivity contribution is -0.115. The monoisotopic (exact) mass is 468 g/mol. The van der Waals surface area contributed by atoms with Gasteiger partial charge in [0.1, 0.15) is 0 Å². The SMILES string of the molecule is Cc1ccc(N2C(=O)C3=C(c4ccccc4)N(c4ccc(C)cc4)C(=O)C3=C2c2ccccc2)cc1. The summed E-state index contributed by atoms with van der Waals surface area (Å²) in [4.78, 5) is 31.9. The van der Waals surface area contributed by atoms with Crippen LogP contribution in [0.4, 0.5) is 11.4 Å². The van der Waals surface area contributed by atoms with Crippen molar-refractivity contribution in [1.29, 1.82) is 0 Å². The zero-order chi connectivity index (χ0) is 24.8. The zero-order valence-corrected chi connectivity index (χ0v) is 20.1. The zero-order valence-electron chi connectivity index (χ0n) is 20.1. The highest BCUT2D eigenvalue weighted by molar-refractivity contribution is 6.41. The van der Waals surface area contributed by atoms with Crippen LogP contribution < -0.4 is 9.80 Å². The topological polar surface area (TPSA) is 40.6 Å². The van der Waals surface area contributed by atoms with Crippen molar-refractivity contribution in [3.8, 4) is 0 Å². The van der Waals surface area contributed by atoms with Crippen LogP contribution in [0.15, 0.2) is 120 Å². The molecule has 36 heavy (non-hydrogen) atoms. The van der Waals surface area contributed by atoms with E-state index < -0.39 is 0 Å². The highest BCUT2D eigenvalue weighted by Crippen LogP contribution is 2.49. The minimum atomic E-state index is -0.200. The summed E-state index contributed by atoms with van der Waals surface area (Å²) in [5.74, 6) is -0.399. The maximum atomic E-state index is 14.3. The van der Waals surface area contributed by atoms with Crippen LogP contribution in [0.3, 0.4) is 0 Å². The molecule has 0 radical (unpaired) electrons. The Labute approximate surface area is 210 Å². The van der Waals surface area contributed by atoms with Crippen LogP contribution in [-0.2, 0) is 9.59 Å². The van der Waals surface area contributed by atoms with E-state index in [2.05, 4.69) is 0 Å². The standard InChI is InChI=1S/C32H24N2O2/c1-21-13-17-25(18-14-21)33-29(23-9-5-3-6-10-23)27-28(31(33)35)30(24-11-7-4-8-12-24)34(32(27)36)26-19-15-22(2)16-20-26/h3-20H,1-2H3. The number of rotatable bonds is 4. The van der Waals surface area contributed by atoms with E-state index in [1.165, 1.54) is 0 Å². The summed E-state index contributed by atoms with van der Waals surface area (Å²) in [6.07, 6.45) is 0. The summed E-state index contributed by atoms with van der Waals surface area (Å²) in [5.41, 5.74) is 7.43. The molecular weight excluding hydrogens is 444 g/mol. The van der Waals surface area contributed by atoms with Gasteiger partial charge in [-0.3, -0.25) is 19.4 Å². The summed E-state index contributed by atoms with van der Waals surface area (Å²) in [7, 11) is 0. The molecule has 0 aromatic heterocycles. The second-order valence-electron chi connectivity index (χ2n) is 9.13. The third-order valence-electron chi connectivity index (χ3n) is 6.68. The first-order valence-electron chi connectivity index (χ1n) is 12.0. The average Bonchev–Trinajstić information content (AvgIpc) is 3.38. The molecule has 4 aromatic carbocycles. The van der Waals surface area contributed by atoms with Crippen LogP contribution in [0.1, 0.15) is 22.3 Å². The Balaban J connectivity index is 1.66. The molecule has 174 valence electrons. The van der Waals surface area contributed by atoms with Crippen LogP contribution in [-0.4, -0.2) is 11.8 Å². The minimum absolute atomic E-state index is 0.200. The number of amides is 2. The largest absolute Gasteiger partial charge is 0.275 e. The molecule has 4 aromatic rings. The van der Waals surface area contributed by atoms with Crippen molar-refractivity contribution in [2.24, 2.45) is 0 Å². The van der Waals surface area contributed by atoms with E-state index in [0.717, 1.165) is 33.6 Å². The molecule has 0 saturated heterocycles. The van der Waals surface area contributed by atoms with Gasteiger partial charge in [-0.2, -0.15) is 0 Å². The third kappa shape index (κ3) is 3.38. The fraction of sp³-hybridized carbons (Fsp3) is 0.0625. The van der Waals surface area contributed by atoms with Crippen LogP contribution in [0.2, 0.25) is 0 Å². The van der Waals surface area contributed by atoms with Crippen molar-refractivity contribution in [2.75, 3.05) is 9.80 Å². The quantitative estimate of drug-likeness (QED) is 0.342. The first kappa shape index (κ1) is 21.8. The molecule has 2 amide bonds. The Morgan fingerprint density at radius 3 is 1.11 bits per heavy atom. The molecule has 4 nitrogen and oxygen atoms in total. The van der Waals surface area contributed by atoms with Gasteiger partial charge in [-0.1, -0.05) is 96.1 Å². The first-order chi connectivity index (χ1) is 17.5. The van der Waals surface area contributed by atoms with Crippen molar-refractivity contribution in [3.05, 3.63) is 143 Å². The Kier molecular flexibility index (Phi) is 5.15. The van der Waals surface area contributed by atoms with Crippen LogP contribution in [0, 0.1) is 13.8 Å². The Morgan fingerprint density at radius 1 is 0.444 bits per heavy atom. The second kappa shape index (κ2) is 8.51. The van der Waals surface area contributed by atoms with Gasteiger partial charge in [0.15, 0.2) is 0 Å². The lowest BCUT2D eigenvalue weighted by Gasteiger charge is -2.25. The predicted octanol–water partition coefficient (Wildman–Crippen LogP) is 6.52. The van der Waals surface area contributed by atoms with Crippen molar-refractivity contribution < 1.29 is 9.59 Å². The maximum absolute atomic E-state index is 14.3. The molecule has 0 unspecified atom stereocenters. The molecule has 6 rings (SSSR count). The second-order valence-corrected chi connectivity index (χ2v) is 9.13. The minimum Gasteiger partial charge on any atom is -0.275 e. The summed E-state index contributed by atoms with van der Waals surface area (Å²) in [5, 5.41) is 0. The number of hydrogen-bond acceptors (Lipinski definition) is 2. The lowest BCUT2D eigenvalue weighted by atomic mass is 10.0. The number of hydrogen-bond donors (Lipinski definition) is 0. The normalized spacial score (nSPS) is 15.3. The molecule has 2 heterocycles. The van der Waals surface area contributed by atoms with Gasteiger partial charge in [-0.15, -0.1) is 0 Å². The number of carbonyl (C=O) groups excluding carboxylic acids is 2. The van der Waals surface area contributed by atoms with Gasteiger partial charge in [0.2, 0.25) is 0 Å². The Hall–Kier alpha value is -4.70. The van der Waals surface area contributed by atoms with Crippen molar-refractivity contribution in [3.63, 3.8) is 0 Å². The molecule has 0 fully saturated rings. The van der Waals surface area contributed by atoms with Gasteiger partial charge < -0.3 is 0 Å². The lowest BCUT2D eigenvalue weighted by Crippen LogP contribution is -2.29. The molecule has 0 bridgehead atoms. The van der Waals surface area contributed by atoms with E-state index in [4.69, 9.17) is 0 Å². The van der Waals surface area contributed by atoms with Gasteiger partial charge in [-0.25, -0.2) is 0 Å². The highest BCUT2D eigenvalue weighted by Gasteiger charge is 2.49. The summed E-state index contributed by atoms with van der Waals surface area (Å²) < 4.78 is 0. The molecule has 0 aliphatic carbocycles. The molecule has 0 spiro atoms. The fourth-order valence-electron chi connectivity index (χ4n) is 4.92. The molecule has 4 heteroatoms. The van der Waals surface area contributed by atoms with Crippen molar-refractivity contribution in [1.82, 2.24) is 0 Å². The summed E-state index contributed by atoms with van der Waals surface area (Å²) >= 11 is 0. The summed E-state index contributed by atoms with van der Waals surface area (Å²) in [6.45, 7) is 4.03. The van der Waals surface area contributed by atoms with Crippen molar-refractivity contribution >= 4 is 34.6 Å². The van der Waals surface area contributed by atoms with Gasteiger partial charge in [0, 0.05) is 11.4 Å². The predicted molar refractivity (Wildman–Crippen MR) is 144 cm³/mol. The van der Waals surface area contributed by atoms with E-state index in [0.29, 0.717) is 22.5 Å². The van der Waals surface area contributed by atoms with Crippen LogP contribution in [0.25, 0.3) is 11.4 Å². The maximum Gasteiger partial charge on any atom is 0.265 e. The van der Waals surface area contributed by atoms with Crippen LogP contribution >= 0.6 is 0 Å². The van der Waals surface area contributed by atoms with E-state index in [1.807, 2.05) is 123 Å². The molecule has 2 aliphatic heterocycles. The number of carbonyl (C=O) groups is 2. The van der Waals surface area contributed by atoms with E-state index in [-0.39, 0.29) is 11.8 Å². The Morgan fingerprint density at radius 2 is 0.778 bits per heavy atom. The molecule has 0 saturated carbocycles. The van der Waals surface area contributed by atoms with Gasteiger partial charge in [0.05, 0.1) is 22.5 Å². The van der Waals surface area contributed by atoms with Gasteiger partial charge >= 0.3 is 0 Å². The van der Waals surface area contributed by atoms with E-state index in [9.17, 15) is 9.59 Å². The third-order valence-corrected chi connectivity index (χ3v) is 6.68. The molecule has 0 N–H and O–H groups in total. The number of anilines is 2. The summed E-state index contributed by atoms with van der Waals surface area (Å²) in [6, 6.07) is 35.0. The fourth-order valence-corrected chi connectivity index (χ4v) is 4.92. The van der Waals surface area contributed by atoms with Crippen LogP contribution in [0.5, 0.6) is 0 Å². The van der Waals surface area contributed by atoms with Gasteiger partial charge in [0.25, 0.3) is 11.8 Å². The first-order valence-corrected chi connectivity index (χ1v) is 12.0. The number of fused-ring (bicyclic) bond motifs is 1. The smallest absolute Gasteiger partial charge is 0.265 e. The molecular formula is C32H24N2O2. The van der Waals surface area contributed by atoms with Gasteiger partial charge in [-0.05, 0) is 49.2 Å². The molecule has 2 aliphatic rings. The average molecular weight is 469 g/mol. The van der Waals surface area contributed by atoms with Crippen molar-refractivity contribution in [2.45, 2.75) is 13.8 Å². The number of nitrogens with zero attached hydrogens (tertiary/aromatic N) is 2. The highest BCUT2D eigenvalue weighted by atomic mass is 16.2. The number of benzene rings is 4. The Bertz CT molecular complexity index is 1430.